The standard InChI is InChI=1S/C19H20N2O3/c1-2-15-5-3-4-6-17(15)21-19(23)12-9-14-7-10-16(11-8-14)24-13-18(20)22/h3-12H,2,13H2,1H3,(H2,20,22)(H,21,23)/b12-9+. The van der Waals surface area contributed by atoms with Crippen LogP contribution >= 0.6 is 0 Å². The number of nitrogens with one attached hydrogen (secondary N) is 1. The van der Waals surface area contributed by atoms with Gasteiger partial charge in [-0.25, -0.2) is 0 Å². The number of anilines is 1. The molecular weight excluding hydrogens is 304 g/mol. The SMILES string of the molecule is CCc1ccccc1NC(=O)/C=C/c1ccc(OCC(N)=O)cc1. The quantitative estimate of drug-likeness (QED) is 0.768. The lowest BCUT2D eigenvalue weighted by Gasteiger charge is -2.07. The fraction of sp³-hybridized carbons (Fsp3) is 0.158. The van der Waals surface area contributed by atoms with Crippen molar-refractivity contribution in [2.24, 2.45) is 5.73 Å². The molecule has 3 N–H and O–H groups in total. The van der Waals surface area contributed by atoms with Crippen molar-refractivity contribution < 1.29 is 14.3 Å². The van der Waals surface area contributed by atoms with Crippen LogP contribution in [0.5, 0.6) is 5.75 Å². The molecule has 0 aliphatic rings. The molecule has 2 rings (SSSR count). The Hall–Kier alpha value is -3.08. The number of nitrogens with two attached hydrogens (primary N) is 1. The van der Waals surface area contributed by atoms with Gasteiger partial charge >= 0.3 is 0 Å². The lowest BCUT2D eigenvalue weighted by Crippen LogP contribution is -2.19. The van der Waals surface area contributed by atoms with Crippen molar-refractivity contribution in [1.82, 2.24) is 0 Å². The Morgan fingerprint density at radius 1 is 1.12 bits per heavy atom. The molecule has 0 atom stereocenters. The number of hydrogen-bond donors (Lipinski definition) is 2. The Balaban J connectivity index is 1.95. The largest absolute Gasteiger partial charge is 0.484 e. The minimum atomic E-state index is -0.525. The van der Waals surface area contributed by atoms with Crippen LogP contribution in [0.1, 0.15) is 18.1 Å². The number of hydrogen-bond acceptors (Lipinski definition) is 3. The normalized spacial score (nSPS) is 10.5. The summed E-state index contributed by atoms with van der Waals surface area (Å²) in [5, 5.41) is 2.87. The van der Waals surface area contributed by atoms with Crippen LogP contribution in [0.15, 0.2) is 54.6 Å². The Morgan fingerprint density at radius 2 is 1.83 bits per heavy atom. The molecule has 2 amide bonds. The number of ether oxygens (including phenoxy) is 1. The van der Waals surface area contributed by atoms with Crippen LogP contribution in [0.3, 0.4) is 0 Å². The first-order valence-electron chi connectivity index (χ1n) is 7.66. The van der Waals surface area contributed by atoms with E-state index in [2.05, 4.69) is 5.32 Å². The summed E-state index contributed by atoms with van der Waals surface area (Å²) in [5.41, 5.74) is 7.78. The van der Waals surface area contributed by atoms with Gasteiger partial charge in [0.1, 0.15) is 5.75 Å². The zero-order valence-electron chi connectivity index (χ0n) is 13.5. The van der Waals surface area contributed by atoms with Gasteiger partial charge in [0.2, 0.25) is 5.91 Å². The van der Waals surface area contributed by atoms with Gasteiger partial charge in [0.15, 0.2) is 6.61 Å². The fourth-order valence-corrected chi connectivity index (χ4v) is 2.13. The van der Waals surface area contributed by atoms with Crippen molar-refractivity contribution in [3.8, 4) is 5.75 Å². The first-order chi connectivity index (χ1) is 11.6. The van der Waals surface area contributed by atoms with Crippen molar-refractivity contribution >= 4 is 23.6 Å². The molecule has 0 spiro atoms. The summed E-state index contributed by atoms with van der Waals surface area (Å²) >= 11 is 0. The predicted octanol–water partition coefficient (Wildman–Crippen LogP) is 2.76. The summed E-state index contributed by atoms with van der Waals surface area (Å²) < 4.78 is 5.17. The van der Waals surface area contributed by atoms with E-state index >= 15 is 0 Å². The first kappa shape index (κ1) is 17.3. The molecule has 0 heterocycles. The van der Waals surface area contributed by atoms with Gasteiger partial charge in [-0.3, -0.25) is 9.59 Å². The van der Waals surface area contributed by atoms with Crippen molar-refractivity contribution in [2.75, 3.05) is 11.9 Å². The van der Waals surface area contributed by atoms with E-state index in [-0.39, 0.29) is 12.5 Å². The second kappa shape index (κ2) is 8.53. The van der Waals surface area contributed by atoms with Crippen LogP contribution in [0, 0.1) is 0 Å². The van der Waals surface area contributed by atoms with Gasteiger partial charge in [-0.05, 0) is 41.8 Å². The van der Waals surface area contributed by atoms with Crippen LogP contribution in [-0.2, 0) is 16.0 Å². The number of para-hydroxylation sites is 1. The predicted molar refractivity (Wildman–Crippen MR) is 94.6 cm³/mol. The summed E-state index contributed by atoms with van der Waals surface area (Å²) in [6.07, 6.45) is 4.04. The van der Waals surface area contributed by atoms with E-state index < -0.39 is 5.91 Å². The first-order valence-corrected chi connectivity index (χ1v) is 7.66. The van der Waals surface area contributed by atoms with Gasteiger partial charge in [-0.15, -0.1) is 0 Å². The van der Waals surface area contributed by atoms with E-state index in [1.165, 1.54) is 6.08 Å². The summed E-state index contributed by atoms with van der Waals surface area (Å²) in [6.45, 7) is 1.89. The highest BCUT2D eigenvalue weighted by molar-refractivity contribution is 6.02. The number of rotatable bonds is 7. The van der Waals surface area contributed by atoms with E-state index in [9.17, 15) is 9.59 Å². The monoisotopic (exact) mass is 324 g/mol. The molecule has 0 saturated carbocycles. The van der Waals surface area contributed by atoms with E-state index in [0.29, 0.717) is 5.75 Å². The fourth-order valence-electron chi connectivity index (χ4n) is 2.13. The lowest BCUT2D eigenvalue weighted by atomic mass is 10.1. The van der Waals surface area contributed by atoms with Crippen LogP contribution in [0.2, 0.25) is 0 Å². The molecular formula is C19H20N2O3. The number of benzene rings is 2. The Kier molecular flexibility index (Phi) is 6.14. The minimum Gasteiger partial charge on any atom is -0.484 e. The number of carbonyl (C=O) groups is 2. The van der Waals surface area contributed by atoms with E-state index in [0.717, 1.165) is 23.2 Å². The van der Waals surface area contributed by atoms with Gasteiger partial charge in [0.05, 0.1) is 0 Å². The molecule has 0 unspecified atom stereocenters. The van der Waals surface area contributed by atoms with E-state index in [4.69, 9.17) is 10.5 Å². The molecule has 0 saturated heterocycles. The maximum Gasteiger partial charge on any atom is 0.255 e. The molecule has 0 aliphatic heterocycles. The van der Waals surface area contributed by atoms with E-state index in [1.807, 2.05) is 31.2 Å². The van der Waals surface area contributed by atoms with Gasteiger partial charge in [0.25, 0.3) is 5.91 Å². The van der Waals surface area contributed by atoms with Crippen LogP contribution in [-0.4, -0.2) is 18.4 Å². The number of primary amides is 1. The van der Waals surface area contributed by atoms with Gasteiger partial charge in [-0.2, -0.15) is 0 Å². The Bertz CT molecular complexity index is 737. The molecule has 2 aromatic carbocycles. The lowest BCUT2D eigenvalue weighted by molar-refractivity contribution is -0.120. The minimum absolute atomic E-state index is 0.158. The van der Waals surface area contributed by atoms with Crippen LogP contribution in [0.4, 0.5) is 5.69 Å². The molecule has 0 aromatic heterocycles. The zero-order valence-corrected chi connectivity index (χ0v) is 13.5. The third-order valence-electron chi connectivity index (χ3n) is 3.34. The highest BCUT2D eigenvalue weighted by atomic mass is 16.5. The van der Waals surface area contributed by atoms with Crippen molar-refractivity contribution in [1.29, 1.82) is 0 Å². The van der Waals surface area contributed by atoms with Crippen molar-refractivity contribution in [3.05, 3.63) is 65.7 Å². The van der Waals surface area contributed by atoms with Gasteiger partial charge < -0.3 is 15.8 Å². The zero-order chi connectivity index (χ0) is 17.4. The average molecular weight is 324 g/mol. The number of amides is 2. The molecule has 124 valence electrons. The van der Waals surface area contributed by atoms with Crippen LogP contribution < -0.4 is 15.8 Å². The molecule has 24 heavy (non-hydrogen) atoms. The second-order valence-electron chi connectivity index (χ2n) is 5.16. The second-order valence-corrected chi connectivity index (χ2v) is 5.16. The van der Waals surface area contributed by atoms with Gasteiger partial charge in [0, 0.05) is 11.8 Å². The molecule has 5 heteroatoms. The smallest absolute Gasteiger partial charge is 0.255 e. The summed E-state index contributed by atoms with van der Waals surface area (Å²) in [7, 11) is 0. The molecule has 0 aliphatic carbocycles. The molecule has 5 nitrogen and oxygen atoms in total. The average Bonchev–Trinajstić information content (AvgIpc) is 2.59. The molecule has 0 bridgehead atoms. The van der Waals surface area contributed by atoms with Crippen molar-refractivity contribution in [2.45, 2.75) is 13.3 Å². The number of carbonyl (C=O) groups excluding carboxylic acids is 2. The van der Waals surface area contributed by atoms with Crippen molar-refractivity contribution in [3.63, 3.8) is 0 Å². The highest BCUT2D eigenvalue weighted by Crippen LogP contribution is 2.16. The van der Waals surface area contributed by atoms with E-state index in [1.54, 1.807) is 30.3 Å². The Labute approximate surface area is 141 Å². The summed E-state index contributed by atoms with van der Waals surface area (Å²) in [5.74, 6) is -0.166. The molecule has 2 aromatic rings. The van der Waals surface area contributed by atoms with Crippen LogP contribution in [0.25, 0.3) is 6.08 Å². The summed E-state index contributed by atoms with van der Waals surface area (Å²) in [4.78, 5) is 22.7. The molecule has 0 radical (unpaired) electrons. The summed E-state index contributed by atoms with van der Waals surface area (Å²) in [6, 6.07) is 14.7. The third-order valence-corrected chi connectivity index (χ3v) is 3.34. The van der Waals surface area contributed by atoms with Gasteiger partial charge in [-0.1, -0.05) is 37.3 Å². The highest BCUT2D eigenvalue weighted by Gasteiger charge is 2.02. The Morgan fingerprint density at radius 3 is 2.50 bits per heavy atom. The maximum atomic E-state index is 12.0. The third kappa shape index (κ3) is 5.28. The molecule has 0 fully saturated rings. The number of aryl methyl sites for hydroxylation is 1. The topological polar surface area (TPSA) is 81.4 Å². The maximum absolute atomic E-state index is 12.0.